The van der Waals surface area contributed by atoms with E-state index in [1.165, 1.54) is 11.3 Å². The summed E-state index contributed by atoms with van der Waals surface area (Å²) in [6, 6.07) is 9.80. The molecule has 0 aliphatic carbocycles. The number of morpholine rings is 1. The van der Waals surface area contributed by atoms with Gasteiger partial charge in [-0.25, -0.2) is 9.37 Å². The Morgan fingerprint density at radius 1 is 1.17 bits per heavy atom. The van der Waals surface area contributed by atoms with Crippen molar-refractivity contribution in [1.29, 1.82) is 0 Å². The minimum absolute atomic E-state index is 0. The Bertz CT molecular complexity index is 1030. The number of halogens is 1. The molecule has 2 saturated heterocycles. The Morgan fingerprint density at radius 3 is 2.79 bits per heavy atom. The lowest BCUT2D eigenvalue weighted by molar-refractivity contribution is 0.0989. The summed E-state index contributed by atoms with van der Waals surface area (Å²) in [5.41, 5.74) is 4.53. The highest BCUT2D eigenvalue weighted by molar-refractivity contribution is 7.59. The van der Waals surface area contributed by atoms with Gasteiger partial charge in [0.15, 0.2) is 0 Å². The molecule has 1 aromatic carbocycles. The first-order valence-corrected chi connectivity index (χ1v) is 9.63. The topological polar surface area (TPSA) is 44.4 Å². The van der Waals surface area contributed by atoms with E-state index in [1.807, 2.05) is 12.3 Å². The van der Waals surface area contributed by atoms with Gasteiger partial charge in [0.1, 0.15) is 11.6 Å². The van der Waals surface area contributed by atoms with Gasteiger partial charge in [-0.3, -0.25) is 0 Å². The molecule has 1 N–H and O–H groups in total. The lowest BCUT2D eigenvalue weighted by atomic mass is 10.0. The first-order chi connectivity index (χ1) is 13.2. The van der Waals surface area contributed by atoms with Crippen LogP contribution < -0.4 is 9.80 Å². The molecule has 6 rings (SSSR count). The molecule has 0 radical (unpaired) electrons. The van der Waals surface area contributed by atoms with E-state index < -0.39 is 0 Å². The van der Waals surface area contributed by atoms with Crippen LogP contribution in [-0.4, -0.2) is 41.8 Å². The molecule has 5 nitrogen and oxygen atoms in total. The number of fused-ring (bicyclic) bond motifs is 5. The molecular weight excluding hydrogens is 407 g/mol. The SMILES string of the molecule is Fc1ccc2c3c([nH]c2c1)CCN(c1ccc(N2C[C@@H]4C[C@H]2CO4)nc1)C3.S.S. The van der Waals surface area contributed by atoms with Crippen LogP contribution in [0.5, 0.6) is 0 Å². The average molecular weight is 433 g/mol. The minimum atomic E-state index is -0.196. The molecule has 2 aromatic heterocycles. The summed E-state index contributed by atoms with van der Waals surface area (Å²) in [4.78, 5) is 12.9. The van der Waals surface area contributed by atoms with Crippen LogP contribution >= 0.6 is 27.0 Å². The Kier molecular flexibility index (Phi) is 5.44. The van der Waals surface area contributed by atoms with Crippen molar-refractivity contribution in [2.75, 3.05) is 29.5 Å². The molecule has 2 atom stereocenters. The van der Waals surface area contributed by atoms with Crippen LogP contribution in [0.3, 0.4) is 0 Å². The number of hydrogen-bond donors (Lipinski definition) is 1. The van der Waals surface area contributed by atoms with Crippen LogP contribution in [-0.2, 0) is 17.7 Å². The third-order valence-electron chi connectivity index (χ3n) is 6.23. The maximum Gasteiger partial charge on any atom is 0.129 e. The van der Waals surface area contributed by atoms with Crippen LogP contribution in [0.25, 0.3) is 10.9 Å². The second-order valence-corrected chi connectivity index (χ2v) is 7.82. The van der Waals surface area contributed by atoms with Crippen molar-refractivity contribution in [2.24, 2.45) is 0 Å². The summed E-state index contributed by atoms with van der Waals surface area (Å²) in [5.74, 6) is 0.855. The Labute approximate surface area is 183 Å². The number of H-pyrrole nitrogens is 1. The van der Waals surface area contributed by atoms with E-state index in [9.17, 15) is 4.39 Å². The van der Waals surface area contributed by atoms with Gasteiger partial charge in [-0.15, -0.1) is 0 Å². The molecule has 3 aliphatic rings. The Balaban J connectivity index is 0.00000102. The van der Waals surface area contributed by atoms with E-state index in [1.54, 1.807) is 12.1 Å². The molecule has 0 spiro atoms. The largest absolute Gasteiger partial charge is 0.374 e. The molecule has 0 unspecified atom stereocenters. The molecule has 0 saturated carbocycles. The maximum atomic E-state index is 13.5. The van der Waals surface area contributed by atoms with Crippen LogP contribution in [0.1, 0.15) is 17.7 Å². The number of ether oxygens (including phenoxy) is 1. The van der Waals surface area contributed by atoms with E-state index in [0.717, 1.165) is 61.5 Å². The summed E-state index contributed by atoms with van der Waals surface area (Å²) in [6.45, 7) is 3.54. The number of hydrogen-bond acceptors (Lipinski definition) is 4. The van der Waals surface area contributed by atoms with Crippen molar-refractivity contribution in [3.8, 4) is 0 Å². The van der Waals surface area contributed by atoms with Gasteiger partial charge in [-0.2, -0.15) is 27.0 Å². The third kappa shape index (κ3) is 3.37. The zero-order valence-corrected chi connectivity index (χ0v) is 18.0. The van der Waals surface area contributed by atoms with Crippen molar-refractivity contribution in [3.05, 3.63) is 53.6 Å². The molecule has 2 bridgehead atoms. The summed E-state index contributed by atoms with van der Waals surface area (Å²) in [6.07, 6.45) is 4.42. The lowest BCUT2D eigenvalue weighted by Gasteiger charge is -2.31. The highest BCUT2D eigenvalue weighted by atomic mass is 32.1. The summed E-state index contributed by atoms with van der Waals surface area (Å²) >= 11 is 0. The van der Waals surface area contributed by atoms with Gasteiger partial charge in [-0.05, 0) is 36.8 Å². The number of benzene rings is 1. The molecule has 0 amide bonds. The smallest absolute Gasteiger partial charge is 0.129 e. The number of pyridine rings is 1. The molecule has 154 valence electrons. The molecule has 8 heteroatoms. The molecular formula is C21H25FN4OS2. The second kappa shape index (κ2) is 7.74. The first kappa shape index (κ1) is 20.4. The van der Waals surface area contributed by atoms with Gasteiger partial charge in [0.2, 0.25) is 0 Å². The fourth-order valence-electron chi connectivity index (χ4n) is 4.83. The van der Waals surface area contributed by atoms with Crippen molar-refractivity contribution < 1.29 is 9.13 Å². The standard InChI is InChI=1S/C21H21FN4O.2H2S/c22-13-1-3-17-18-11-25(6-5-19(18)24-20(17)7-13)14-2-4-21(23-9-14)26-10-16-8-15(26)12-27-16;;/h1-4,7,9,15-16,24H,5-6,8,10-12H2;2*1H2/t15-,16-;;/m0../s1. The number of nitrogens with one attached hydrogen (secondary N) is 1. The van der Waals surface area contributed by atoms with Crippen LogP contribution in [0, 0.1) is 5.82 Å². The average Bonchev–Trinajstić information content (AvgIpc) is 3.41. The molecule has 2 fully saturated rings. The normalized spacial score (nSPS) is 22.4. The highest BCUT2D eigenvalue weighted by Crippen LogP contribution is 2.33. The van der Waals surface area contributed by atoms with Gasteiger partial charge in [0.25, 0.3) is 0 Å². The van der Waals surface area contributed by atoms with Crippen LogP contribution in [0.4, 0.5) is 15.9 Å². The molecule has 5 heterocycles. The van der Waals surface area contributed by atoms with Crippen molar-refractivity contribution in [1.82, 2.24) is 9.97 Å². The Morgan fingerprint density at radius 2 is 2.07 bits per heavy atom. The second-order valence-electron chi connectivity index (χ2n) is 7.82. The maximum absolute atomic E-state index is 13.5. The van der Waals surface area contributed by atoms with Crippen LogP contribution in [0.15, 0.2) is 36.5 Å². The quantitative estimate of drug-likeness (QED) is 0.674. The number of aromatic amines is 1. The monoisotopic (exact) mass is 432 g/mol. The van der Waals surface area contributed by atoms with E-state index in [4.69, 9.17) is 9.72 Å². The van der Waals surface area contributed by atoms with Gasteiger partial charge >= 0.3 is 0 Å². The predicted octanol–water partition coefficient (Wildman–Crippen LogP) is 3.47. The first-order valence-electron chi connectivity index (χ1n) is 9.63. The fourth-order valence-corrected chi connectivity index (χ4v) is 4.83. The number of anilines is 2. The molecule has 3 aromatic rings. The van der Waals surface area contributed by atoms with E-state index >= 15 is 0 Å². The number of rotatable bonds is 2. The fraction of sp³-hybridized carbons (Fsp3) is 0.381. The van der Waals surface area contributed by atoms with Crippen LogP contribution in [0.2, 0.25) is 0 Å². The van der Waals surface area contributed by atoms with E-state index in [2.05, 4.69) is 26.9 Å². The third-order valence-corrected chi connectivity index (χ3v) is 6.23. The van der Waals surface area contributed by atoms with Gasteiger partial charge < -0.3 is 19.5 Å². The van der Waals surface area contributed by atoms with Gasteiger partial charge in [0.05, 0.1) is 30.6 Å². The number of aromatic nitrogens is 2. The van der Waals surface area contributed by atoms with Crippen molar-refractivity contribution in [3.63, 3.8) is 0 Å². The lowest BCUT2D eigenvalue weighted by Crippen LogP contribution is -2.37. The zero-order chi connectivity index (χ0) is 18.0. The van der Waals surface area contributed by atoms with Gasteiger partial charge in [0, 0.05) is 48.2 Å². The van der Waals surface area contributed by atoms with E-state index in [-0.39, 0.29) is 32.8 Å². The number of nitrogens with zero attached hydrogens (tertiary/aromatic N) is 3. The molecule has 29 heavy (non-hydrogen) atoms. The minimum Gasteiger partial charge on any atom is -0.374 e. The van der Waals surface area contributed by atoms with E-state index in [0.29, 0.717) is 12.1 Å². The Hall–Kier alpha value is -1.90. The summed E-state index contributed by atoms with van der Waals surface area (Å²) < 4.78 is 19.2. The van der Waals surface area contributed by atoms with Gasteiger partial charge in [-0.1, -0.05) is 0 Å². The zero-order valence-electron chi connectivity index (χ0n) is 16.0. The highest BCUT2D eigenvalue weighted by Gasteiger charge is 2.39. The summed E-state index contributed by atoms with van der Waals surface area (Å²) in [5, 5.41) is 1.12. The predicted molar refractivity (Wildman–Crippen MR) is 124 cm³/mol. The summed E-state index contributed by atoms with van der Waals surface area (Å²) in [7, 11) is 0. The van der Waals surface area contributed by atoms with Crippen molar-refractivity contribution >= 4 is 49.4 Å². The molecule has 3 aliphatic heterocycles. The van der Waals surface area contributed by atoms with Crippen molar-refractivity contribution in [2.45, 2.75) is 31.5 Å².